The second-order valence-electron chi connectivity index (χ2n) is 10.9. The lowest BCUT2D eigenvalue weighted by Crippen LogP contribution is -2.27. The van der Waals surface area contributed by atoms with Crippen molar-refractivity contribution in [3.63, 3.8) is 0 Å². The number of hydrogen-bond acceptors (Lipinski definition) is 4. The molecule has 4 N–H and O–H groups in total. The van der Waals surface area contributed by atoms with Crippen molar-refractivity contribution in [2.24, 2.45) is 0 Å². The Morgan fingerprint density at radius 1 is 0.643 bits per heavy atom. The van der Waals surface area contributed by atoms with E-state index >= 15 is 0 Å². The standard InChI is InChI=1S/C38H42O4/c1-25(13-15-28(4)39)27(3)23-35(30(6)41)38(7,34-20-17-32(18-21-34)31-11-9-8-10-12-31)36-24-33(19-22-37(36)42)26(2)14-16-29(5)40/h8-24,39-42H,1-7H3/b25-13+,26-14+,27-23+,28-15+,29-16+,35-30-. The molecule has 0 spiro atoms. The minimum atomic E-state index is -0.957. The summed E-state index contributed by atoms with van der Waals surface area (Å²) in [6.45, 7) is 12.8. The van der Waals surface area contributed by atoms with E-state index in [4.69, 9.17) is 0 Å². The van der Waals surface area contributed by atoms with Gasteiger partial charge in [-0.3, -0.25) is 0 Å². The lowest BCUT2D eigenvalue weighted by atomic mass is 9.68. The van der Waals surface area contributed by atoms with Gasteiger partial charge in [0, 0.05) is 16.6 Å². The maximum Gasteiger partial charge on any atom is 0.120 e. The summed E-state index contributed by atoms with van der Waals surface area (Å²) in [4.78, 5) is 0. The fraction of sp³-hybridized carbons (Fsp3) is 0.211. The second kappa shape index (κ2) is 13.8. The molecular formula is C38H42O4. The van der Waals surface area contributed by atoms with Crippen LogP contribution < -0.4 is 0 Å². The summed E-state index contributed by atoms with van der Waals surface area (Å²) in [6, 6.07) is 23.8. The second-order valence-corrected chi connectivity index (χ2v) is 10.9. The number of aromatic hydroxyl groups is 1. The number of aliphatic hydroxyl groups is 3. The largest absolute Gasteiger partial charge is 0.513 e. The summed E-state index contributed by atoms with van der Waals surface area (Å²) in [7, 11) is 0. The van der Waals surface area contributed by atoms with Gasteiger partial charge in [-0.1, -0.05) is 78.9 Å². The molecule has 218 valence electrons. The van der Waals surface area contributed by atoms with Crippen molar-refractivity contribution in [3.8, 4) is 16.9 Å². The van der Waals surface area contributed by atoms with Crippen molar-refractivity contribution < 1.29 is 20.4 Å². The van der Waals surface area contributed by atoms with E-state index in [1.807, 2.05) is 88.4 Å². The van der Waals surface area contributed by atoms with Crippen LogP contribution in [0, 0.1) is 0 Å². The van der Waals surface area contributed by atoms with Gasteiger partial charge >= 0.3 is 0 Å². The summed E-state index contributed by atoms with van der Waals surface area (Å²) in [5.41, 5.74) is 6.97. The van der Waals surface area contributed by atoms with Crippen LogP contribution in [0.25, 0.3) is 16.7 Å². The van der Waals surface area contributed by atoms with E-state index in [0.717, 1.165) is 39.0 Å². The zero-order chi connectivity index (χ0) is 31.0. The molecule has 1 atom stereocenters. The highest BCUT2D eigenvalue weighted by Crippen LogP contribution is 2.46. The minimum Gasteiger partial charge on any atom is -0.513 e. The van der Waals surface area contributed by atoms with Crippen LogP contribution >= 0.6 is 0 Å². The predicted molar refractivity (Wildman–Crippen MR) is 176 cm³/mol. The van der Waals surface area contributed by atoms with Crippen molar-refractivity contribution in [3.05, 3.63) is 154 Å². The van der Waals surface area contributed by atoms with Crippen molar-refractivity contribution in [1.82, 2.24) is 0 Å². The SMILES string of the molecule is C\C(O)=C(/C=C(C)/C(C)=C/C=C(\C)O)C(C)(c1ccc(-c2ccccc2)cc1)c1cc(/C(C)=C/C=C(\C)O)ccc1O. The smallest absolute Gasteiger partial charge is 0.120 e. The molecule has 4 nitrogen and oxygen atoms in total. The molecule has 0 aliphatic heterocycles. The molecule has 0 aromatic heterocycles. The zero-order valence-corrected chi connectivity index (χ0v) is 25.6. The van der Waals surface area contributed by atoms with Gasteiger partial charge in [-0.25, -0.2) is 0 Å². The van der Waals surface area contributed by atoms with Crippen molar-refractivity contribution in [2.75, 3.05) is 0 Å². The third kappa shape index (κ3) is 7.52. The molecule has 0 bridgehead atoms. The monoisotopic (exact) mass is 562 g/mol. The summed E-state index contributed by atoms with van der Waals surface area (Å²) >= 11 is 0. The van der Waals surface area contributed by atoms with E-state index in [9.17, 15) is 20.4 Å². The summed E-state index contributed by atoms with van der Waals surface area (Å²) in [6.07, 6.45) is 8.88. The molecule has 3 aromatic carbocycles. The number of benzene rings is 3. The van der Waals surface area contributed by atoms with Crippen LogP contribution in [-0.2, 0) is 5.41 Å². The molecule has 4 heteroatoms. The Bertz CT molecular complexity index is 1580. The average molecular weight is 563 g/mol. The molecule has 0 heterocycles. The predicted octanol–water partition coefficient (Wildman–Crippen LogP) is 10.4. The Morgan fingerprint density at radius 3 is 1.79 bits per heavy atom. The normalized spacial score (nSPS) is 15.7. The molecule has 0 saturated heterocycles. The first-order valence-corrected chi connectivity index (χ1v) is 14.0. The lowest BCUT2D eigenvalue weighted by molar-refractivity contribution is 0.396. The van der Waals surface area contributed by atoms with Gasteiger partial charge in [0.05, 0.1) is 17.3 Å². The number of phenolic OH excluding ortho intramolecular Hbond substituents is 1. The third-order valence-corrected chi connectivity index (χ3v) is 7.62. The fourth-order valence-corrected chi connectivity index (χ4v) is 4.92. The number of allylic oxidation sites excluding steroid dienone is 12. The van der Waals surface area contributed by atoms with Crippen molar-refractivity contribution in [2.45, 2.75) is 53.9 Å². The quantitative estimate of drug-likeness (QED) is 0.154. The molecule has 0 amide bonds. The molecular weight excluding hydrogens is 520 g/mol. The van der Waals surface area contributed by atoms with Crippen LogP contribution in [0.15, 0.2) is 137 Å². The lowest BCUT2D eigenvalue weighted by Gasteiger charge is -2.34. The van der Waals surface area contributed by atoms with Gasteiger partial charge in [-0.15, -0.1) is 0 Å². The molecule has 0 radical (unpaired) electrons. The first-order valence-electron chi connectivity index (χ1n) is 14.0. The van der Waals surface area contributed by atoms with E-state index in [1.165, 1.54) is 0 Å². The Hall–Kier alpha value is -4.70. The Labute approximate surface area is 250 Å². The maximum absolute atomic E-state index is 11.3. The molecule has 0 aliphatic carbocycles. The fourth-order valence-electron chi connectivity index (χ4n) is 4.92. The van der Waals surface area contributed by atoms with E-state index in [-0.39, 0.29) is 23.0 Å². The molecule has 0 aliphatic rings. The molecule has 1 unspecified atom stereocenters. The molecule has 0 fully saturated rings. The summed E-state index contributed by atoms with van der Waals surface area (Å²) in [5, 5.41) is 41.9. The highest BCUT2D eigenvalue weighted by atomic mass is 16.3. The van der Waals surface area contributed by atoms with Crippen LogP contribution in [0.1, 0.15) is 65.2 Å². The third-order valence-electron chi connectivity index (χ3n) is 7.62. The van der Waals surface area contributed by atoms with E-state index < -0.39 is 5.41 Å². The molecule has 42 heavy (non-hydrogen) atoms. The summed E-state index contributed by atoms with van der Waals surface area (Å²) < 4.78 is 0. The van der Waals surface area contributed by atoms with E-state index in [2.05, 4.69) is 24.3 Å². The minimum absolute atomic E-state index is 0.103. The van der Waals surface area contributed by atoms with Crippen LogP contribution in [0.2, 0.25) is 0 Å². The Kier molecular flexibility index (Phi) is 10.4. The average Bonchev–Trinajstić information content (AvgIpc) is 2.97. The molecule has 3 rings (SSSR count). The van der Waals surface area contributed by atoms with Crippen LogP contribution in [0.4, 0.5) is 0 Å². The highest BCUT2D eigenvalue weighted by Gasteiger charge is 2.36. The highest BCUT2D eigenvalue weighted by molar-refractivity contribution is 5.70. The van der Waals surface area contributed by atoms with Gasteiger partial charge in [0.15, 0.2) is 0 Å². The van der Waals surface area contributed by atoms with E-state index in [0.29, 0.717) is 11.1 Å². The topological polar surface area (TPSA) is 80.9 Å². The molecule has 3 aromatic rings. The Morgan fingerprint density at radius 2 is 1.21 bits per heavy atom. The first-order chi connectivity index (χ1) is 19.8. The van der Waals surface area contributed by atoms with Gasteiger partial charge in [0.25, 0.3) is 0 Å². The van der Waals surface area contributed by atoms with Gasteiger partial charge in [0.2, 0.25) is 0 Å². The van der Waals surface area contributed by atoms with Gasteiger partial charge < -0.3 is 20.4 Å². The van der Waals surface area contributed by atoms with Crippen LogP contribution in [-0.4, -0.2) is 20.4 Å². The van der Waals surface area contributed by atoms with Gasteiger partial charge in [0.1, 0.15) is 5.75 Å². The van der Waals surface area contributed by atoms with Crippen LogP contribution in [0.3, 0.4) is 0 Å². The first kappa shape index (κ1) is 31.8. The van der Waals surface area contributed by atoms with Crippen molar-refractivity contribution in [1.29, 1.82) is 0 Å². The zero-order valence-electron chi connectivity index (χ0n) is 25.6. The van der Waals surface area contributed by atoms with Crippen molar-refractivity contribution >= 4 is 5.57 Å². The Balaban J connectivity index is 2.33. The number of aliphatic hydroxyl groups excluding tert-OH is 3. The van der Waals surface area contributed by atoms with Gasteiger partial charge in [-0.2, -0.15) is 0 Å². The summed E-state index contributed by atoms with van der Waals surface area (Å²) in [5.74, 6) is 0.636. The molecule has 0 saturated carbocycles. The van der Waals surface area contributed by atoms with Crippen LogP contribution in [0.5, 0.6) is 5.75 Å². The number of hydrogen-bond donors (Lipinski definition) is 4. The number of phenols is 1. The van der Waals surface area contributed by atoms with Gasteiger partial charge in [-0.05, 0) is 112 Å². The van der Waals surface area contributed by atoms with E-state index in [1.54, 1.807) is 39.0 Å². The number of rotatable bonds is 9. The maximum atomic E-state index is 11.3.